The Bertz CT molecular complexity index is 497. The number of amides is 2. The van der Waals surface area contributed by atoms with Crippen molar-refractivity contribution in [1.29, 1.82) is 0 Å². The molecule has 2 rings (SSSR count). The number of carbonyl (C=O) groups excluding carboxylic acids is 2. The summed E-state index contributed by atoms with van der Waals surface area (Å²) in [6.07, 6.45) is 4.59. The molecule has 8 heteroatoms. The van der Waals surface area contributed by atoms with Crippen LogP contribution in [0.5, 0.6) is 0 Å². The zero-order chi connectivity index (χ0) is 19.6. The lowest BCUT2D eigenvalue weighted by Gasteiger charge is -2.34. The Hall–Kier alpha value is -1.64. The molecule has 1 aliphatic heterocycles. The average molecular weight is 384 g/mol. The van der Waals surface area contributed by atoms with Crippen LogP contribution in [0.1, 0.15) is 51.9 Å². The van der Waals surface area contributed by atoms with Gasteiger partial charge in [-0.3, -0.25) is 4.79 Å². The van der Waals surface area contributed by atoms with Crippen LogP contribution in [0.2, 0.25) is 0 Å². The van der Waals surface area contributed by atoms with E-state index in [1.165, 1.54) is 6.08 Å². The molecular weight excluding hydrogens is 352 g/mol. The lowest BCUT2D eigenvalue weighted by Crippen LogP contribution is -2.54. The van der Waals surface area contributed by atoms with Gasteiger partial charge in [0.1, 0.15) is 6.61 Å². The smallest absolute Gasteiger partial charge is 0.407 e. The molecule has 0 aromatic rings. The van der Waals surface area contributed by atoms with Gasteiger partial charge in [-0.2, -0.15) is 0 Å². The number of carbonyl (C=O) groups is 2. The van der Waals surface area contributed by atoms with E-state index in [2.05, 4.69) is 17.2 Å². The lowest BCUT2D eigenvalue weighted by molar-refractivity contribution is -0.224. The maximum absolute atomic E-state index is 12.8. The SMILES string of the molecule is C=CCOC(=O)NC(CCC)C(OC1CCCC(CO)O1)C(=O)NC1CC1. The average Bonchev–Trinajstić information content (AvgIpc) is 3.48. The fraction of sp³-hybridized carbons (Fsp3) is 0.789. The van der Waals surface area contributed by atoms with Crippen LogP contribution in [-0.4, -0.2) is 60.9 Å². The number of nitrogens with one attached hydrogen (secondary N) is 2. The molecule has 4 unspecified atom stereocenters. The fourth-order valence-electron chi connectivity index (χ4n) is 3.05. The van der Waals surface area contributed by atoms with Gasteiger partial charge in [0.05, 0.1) is 18.8 Å². The summed E-state index contributed by atoms with van der Waals surface area (Å²) in [4.78, 5) is 24.8. The van der Waals surface area contributed by atoms with Gasteiger partial charge in [0.25, 0.3) is 5.91 Å². The van der Waals surface area contributed by atoms with Crippen LogP contribution in [0.4, 0.5) is 4.79 Å². The van der Waals surface area contributed by atoms with Gasteiger partial charge < -0.3 is 30.0 Å². The number of hydrogen-bond donors (Lipinski definition) is 3. The van der Waals surface area contributed by atoms with Gasteiger partial charge in [-0.25, -0.2) is 4.79 Å². The first-order valence-corrected chi connectivity index (χ1v) is 9.83. The molecule has 1 heterocycles. The van der Waals surface area contributed by atoms with Crippen molar-refractivity contribution in [3.05, 3.63) is 12.7 Å². The first-order valence-electron chi connectivity index (χ1n) is 9.83. The monoisotopic (exact) mass is 384 g/mol. The van der Waals surface area contributed by atoms with E-state index in [4.69, 9.17) is 14.2 Å². The molecule has 2 aliphatic rings. The van der Waals surface area contributed by atoms with Crippen LogP contribution >= 0.6 is 0 Å². The van der Waals surface area contributed by atoms with Crippen LogP contribution < -0.4 is 10.6 Å². The summed E-state index contributed by atoms with van der Waals surface area (Å²) in [5, 5.41) is 15.0. The molecule has 0 radical (unpaired) electrons. The summed E-state index contributed by atoms with van der Waals surface area (Å²) in [5.41, 5.74) is 0. The van der Waals surface area contributed by atoms with Crippen molar-refractivity contribution < 1.29 is 28.9 Å². The van der Waals surface area contributed by atoms with Crippen LogP contribution in [0.25, 0.3) is 0 Å². The highest BCUT2D eigenvalue weighted by Gasteiger charge is 2.37. The maximum Gasteiger partial charge on any atom is 0.407 e. The molecular formula is C19H32N2O6. The molecule has 0 aromatic carbocycles. The van der Waals surface area contributed by atoms with E-state index in [1.54, 1.807) is 0 Å². The Kier molecular flexibility index (Phi) is 9.03. The highest BCUT2D eigenvalue weighted by Crippen LogP contribution is 2.24. The second-order valence-corrected chi connectivity index (χ2v) is 7.07. The molecule has 1 saturated heterocycles. The molecule has 8 nitrogen and oxygen atoms in total. The molecule has 27 heavy (non-hydrogen) atoms. The topological polar surface area (TPSA) is 106 Å². The van der Waals surface area contributed by atoms with E-state index in [0.717, 1.165) is 32.1 Å². The number of ether oxygens (including phenoxy) is 3. The van der Waals surface area contributed by atoms with Gasteiger partial charge in [0.2, 0.25) is 0 Å². The largest absolute Gasteiger partial charge is 0.445 e. The van der Waals surface area contributed by atoms with Crippen molar-refractivity contribution in [3.63, 3.8) is 0 Å². The predicted octanol–water partition coefficient (Wildman–Crippen LogP) is 1.62. The maximum atomic E-state index is 12.8. The quantitative estimate of drug-likeness (QED) is 0.468. The lowest BCUT2D eigenvalue weighted by atomic mass is 10.0. The minimum Gasteiger partial charge on any atom is -0.445 e. The van der Waals surface area contributed by atoms with Gasteiger partial charge in [-0.05, 0) is 38.5 Å². The zero-order valence-corrected chi connectivity index (χ0v) is 16.0. The Balaban J connectivity index is 2.05. The fourth-order valence-corrected chi connectivity index (χ4v) is 3.05. The van der Waals surface area contributed by atoms with Gasteiger partial charge >= 0.3 is 6.09 Å². The Morgan fingerprint density at radius 1 is 1.33 bits per heavy atom. The zero-order valence-electron chi connectivity index (χ0n) is 16.0. The Labute approximate surface area is 160 Å². The second kappa shape index (κ2) is 11.3. The highest BCUT2D eigenvalue weighted by atomic mass is 16.7. The molecule has 154 valence electrons. The normalized spacial score (nSPS) is 24.5. The molecule has 1 saturated carbocycles. The molecule has 0 spiro atoms. The van der Waals surface area contributed by atoms with Crippen LogP contribution in [-0.2, 0) is 19.0 Å². The standard InChI is InChI=1S/C19H32N2O6/c1-3-6-15(21-19(24)25-11-4-2)17(18(23)20-13-9-10-13)27-16-8-5-7-14(12-22)26-16/h4,13-17,22H,2-3,5-12H2,1H3,(H,20,23)(H,21,24). The molecule has 0 aromatic heterocycles. The van der Waals surface area contributed by atoms with E-state index in [1.807, 2.05) is 6.92 Å². The van der Waals surface area contributed by atoms with E-state index in [-0.39, 0.29) is 31.3 Å². The number of aliphatic hydroxyl groups is 1. The van der Waals surface area contributed by atoms with Crippen LogP contribution in [0, 0.1) is 0 Å². The van der Waals surface area contributed by atoms with E-state index in [0.29, 0.717) is 12.8 Å². The van der Waals surface area contributed by atoms with E-state index in [9.17, 15) is 14.7 Å². The summed E-state index contributed by atoms with van der Waals surface area (Å²) in [6.45, 7) is 5.50. The molecule has 2 amide bonds. The first kappa shape index (κ1) is 21.7. The summed E-state index contributed by atoms with van der Waals surface area (Å²) < 4.78 is 16.7. The third-order valence-electron chi connectivity index (χ3n) is 4.59. The van der Waals surface area contributed by atoms with Crippen molar-refractivity contribution in [1.82, 2.24) is 10.6 Å². The van der Waals surface area contributed by atoms with Crippen molar-refractivity contribution in [2.45, 2.75) is 82.5 Å². The molecule has 1 aliphatic carbocycles. The number of alkyl carbamates (subject to hydrolysis) is 1. The minimum absolute atomic E-state index is 0.0800. The van der Waals surface area contributed by atoms with Gasteiger partial charge in [0, 0.05) is 6.04 Å². The van der Waals surface area contributed by atoms with Gasteiger partial charge in [0.15, 0.2) is 12.4 Å². The summed E-state index contributed by atoms with van der Waals surface area (Å²) in [7, 11) is 0. The number of rotatable bonds is 11. The Morgan fingerprint density at radius 3 is 2.74 bits per heavy atom. The number of aliphatic hydroxyl groups excluding tert-OH is 1. The van der Waals surface area contributed by atoms with E-state index < -0.39 is 24.5 Å². The molecule has 2 fully saturated rings. The van der Waals surface area contributed by atoms with Crippen molar-refractivity contribution in [3.8, 4) is 0 Å². The Morgan fingerprint density at radius 2 is 2.11 bits per heavy atom. The van der Waals surface area contributed by atoms with Crippen molar-refractivity contribution >= 4 is 12.0 Å². The first-order chi connectivity index (χ1) is 13.1. The second-order valence-electron chi connectivity index (χ2n) is 7.07. The third kappa shape index (κ3) is 7.48. The van der Waals surface area contributed by atoms with Gasteiger partial charge in [-0.1, -0.05) is 26.0 Å². The summed E-state index contributed by atoms with van der Waals surface area (Å²) >= 11 is 0. The minimum atomic E-state index is -0.885. The third-order valence-corrected chi connectivity index (χ3v) is 4.59. The highest BCUT2D eigenvalue weighted by molar-refractivity contribution is 5.83. The van der Waals surface area contributed by atoms with E-state index >= 15 is 0 Å². The van der Waals surface area contributed by atoms with Crippen LogP contribution in [0.3, 0.4) is 0 Å². The molecule has 0 bridgehead atoms. The van der Waals surface area contributed by atoms with Crippen molar-refractivity contribution in [2.24, 2.45) is 0 Å². The predicted molar refractivity (Wildman–Crippen MR) is 99.0 cm³/mol. The summed E-state index contributed by atoms with van der Waals surface area (Å²) in [5.74, 6) is -0.255. The summed E-state index contributed by atoms with van der Waals surface area (Å²) in [6, 6.07) is -0.361. The molecule has 4 atom stereocenters. The molecule has 3 N–H and O–H groups in total. The van der Waals surface area contributed by atoms with Crippen molar-refractivity contribution in [2.75, 3.05) is 13.2 Å². The number of hydrogen-bond acceptors (Lipinski definition) is 6. The van der Waals surface area contributed by atoms with Gasteiger partial charge in [-0.15, -0.1) is 0 Å². The van der Waals surface area contributed by atoms with Crippen LogP contribution in [0.15, 0.2) is 12.7 Å².